The first-order valence-corrected chi connectivity index (χ1v) is 6.82. The Hall–Kier alpha value is -2.27. The average Bonchev–Trinajstić information content (AvgIpc) is 2.48. The Labute approximate surface area is 128 Å². The molecule has 0 radical (unpaired) electrons. The maximum Gasteiger partial charge on any atom is 0.275 e. The van der Waals surface area contributed by atoms with Crippen LogP contribution >= 0.6 is 11.6 Å². The van der Waals surface area contributed by atoms with Crippen LogP contribution in [0, 0.1) is 0 Å². The molecule has 2 rings (SSSR count). The minimum Gasteiger partial charge on any atom is -0.378 e. The Morgan fingerprint density at radius 2 is 1.81 bits per heavy atom. The maximum absolute atomic E-state index is 12.2. The van der Waals surface area contributed by atoms with Crippen LogP contribution in [0.3, 0.4) is 0 Å². The summed E-state index contributed by atoms with van der Waals surface area (Å²) in [4.78, 5) is 18.4. The summed E-state index contributed by atoms with van der Waals surface area (Å²) in [6.07, 6.45) is 0. The summed E-state index contributed by atoms with van der Waals surface area (Å²) < 4.78 is 0. The van der Waals surface area contributed by atoms with Gasteiger partial charge in [0.1, 0.15) is 11.5 Å². The number of nitrogens with one attached hydrogen (secondary N) is 2. The topological polar surface area (TPSA) is 57.3 Å². The van der Waals surface area contributed by atoms with E-state index in [9.17, 15) is 4.79 Å². The third-order valence-electron chi connectivity index (χ3n) is 2.96. The zero-order valence-electron chi connectivity index (χ0n) is 12.1. The van der Waals surface area contributed by atoms with Gasteiger partial charge in [-0.3, -0.25) is 4.79 Å². The first-order chi connectivity index (χ1) is 10.0. The van der Waals surface area contributed by atoms with E-state index in [1.165, 1.54) is 0 Å². The fourth-order valence-electron chi connectivity index (χ4n) is 1.77. The molecule has 5 nitrogen and oxygen atoms in total. The Morgan fingerprint density at radius 1 is 1.14 bits per heavy atom. The van der Waals surface area contributed by atoms with Crippen molar-refractivity contribution in [1.82, 2.24) is 4.98 Å². The molecule has 1 heterocycles. The van der Waals surface area contributed by atoms with Crippen molar-refractivity contribution in [3.8, 4) is 0 Å². The molecule has 0 fully saturated rings. The average molecular weight is 305 g/mol. The number of carbonyl (C=O) groups excluding carboxylic acids is 1. The van der Waals surface area contributed by atoms with Gasteiger partial charge in [-0.15, -0.1) is 0 Å². The summed E-state index contributed by atoms with van der Waals surface area (Å²) in [6, 6.07) is 10.9. The van der Waals surface area contributed by atoms with Gasteiger partial charge in [-0.25, -0.2) is 4.98 Å². The highest BCUT2D eigenvalue weighted by molar-refractivity contribution is 6.34. The number of pyridine rings is 1. The van der Waals surface area contributed by atoms with Crippen molar-refractivity contribution in [2.24, 2.45) is 0 Å². The molecular weight excluding hydrogens is 288 g/mol. The lowest BCUT2D eigenvalue weighted by atomic mass is 10.2. The number of carbonyl (C=O) groups is 1. The molecular formula is C15H17ClN4O. The molecule has 0 aliphatic carbocycles. The van der Waals surface area contributed by atoms with Gasteiger partial charge in [0, 0.05) is 32.5 Å². The highest BCUT2D eigenvalue weighted by Crippen LogP contribution is 2.20. The fraction of sp³-hybridized carbons (Fsp3) is 0.200. The smallest absolute Gasteiger partial charge is 0.275 e. The Bertz CT molecular complexity index is 641. The standard InChI is InChI=1S/C15H17ClN4O/c1-17-13-9-8-12(16)14(19-13)15(21)18-10-4-6-11(7-5-10)20(2)3/h4-9H,1-3H3,(H,17,19)(H,18,21). The second-order valence-electron chi connectivity index (χ2n) is 4.67. The quantitative estimate of drug-likeness (QED) is 0.911. The van der Waals surface area contributed by atoms with Crippen LogP contribution in [0.5, 0.6) is 0 Å². The molecule has 0 aliphatic heterocycles. The number of hydrogen-bond acceptors (Lipinski definition) is 4. The molecule has 0 aliphatic rings. The number of aromatic nitrogens is 1. The van der Waals surface area contributed by atoms with Gasteiger partial charge in [-0.05, 0) is 36.4 Å². The third-order valence-corrected chi connectivity index (χ3v) is 3.26. The van der Waals surface area contributed by atoms with Gasteiger partial charge in [0.05, 0.1) is 5.02 Å². The second kappa shape index (κ2) is 6.45. The molecule has 110 valence electrons. The molecule has 0 saturated heterocycles. The van der Waals surface area contributed by atoms with E-state index in [0.29, 0.717) is 16.5 Å². The molecule has 21 heavy (non-hydrogen) atoms. The fourth-order valence-corrected chi connectivity index (χ4v) is 1.96. The lowest BCUT2D eigenvalue weighted by molar-refractivity contribution is 0.102. The lowest BCUT2D eigenvalue weighted by Crippen LogP contribution is -2.15. The summed E-state index contributed by atoms with van der Waals surface area (Å²) in [5.41, 5.74) is 1.94. The Kier molecular flexibility index (Phi) is 4.65. The van der Waals surface area contributed by atoms with Crippen LogP contribution in [-0.2, 0) is 0 Å². The first kappa shape index (κ1) is 15.1. The van der Waals surface area contributed by atoms with Crippen LogP contribution in [0.1, 0.15) is 10.5 Å². The van der Waals surface area contributed by atoms with Crippen molar-refractivity contribution in [2.45, 2.75) is 0 Å². The molecule has 0 spiro atoms. The molecule has 0 unspecified atom stereocenters. The second-order valence-corrected chi connectivity index (χ2v) is 5.08. The van der Waals surface area contributed by atoms with Crippen LogP contribution in [0.25, 0.3) is 0 Å². The number of rotatable bonds is 4. The van der Waals surface area contributed by atoms with E-state index in [-0.39, 0.29) is 11.6 Å². The number of anilines is 3. The third kappa shape index (κ3) is 3.64. The number of nitrogens with zero attached hydrogens (tertiary/aromatic N) is 2. The van der Waals surface area contributed by atoms with Crippen LogP contribution < -0.4 is 15.5 Å². The maximum atomic E-state index is 12.2. The van der Waals surface area contributed by atoms with Crippen molar-refractivity contribution in [2.75, 3.05) is 36.7 Å². The molecule has 1 aromatic heterocycles. The molecule has 0 atom stereocenters. The predicted molar refractivity (Wildman–Crippen MR) is 87.5 cm³/mol. The number of hydrogen-bond donors (Lipinski definition) is 2. The number of amides is 1. The molecule has 1 amide bonds. The number of halogens is 1. The largest absolute Gasteiger partial charge is 0.378 e. The van der Waals surface area contributed by atoms with E-state index in [1.807, 2.05) is 43.3 Å². The molecule has 1 aromatic carbocycles. The van der Waals surface area contributed by atoms with Gasteiger partial charge < -0.3 is 15.5 Å². The summed E-state index contributed by atoms with van der Waals surface area (Å²) in [5.74, 6) is 0.252. The van der Waals surface area contributed by atoms with E-state index < -0.39 is 0 Å². The molecule has 6 heteroatoms. The first-order valence-electron chi connectivity index (χ1n) is 6.44. The summed E-state index contributed by atoms with van der Waals surface area (Å²) in [5, 5.41) is 5.98. The number of benzene rings is 1. The van der Waals surface area contributed by atoms with Crippen molar-refractivity contribution in [3.05, 3.63) is 47.1 Å². The van der Waals surface area contributed by atoms with Crippen molar-refractivity contribution in [3.63, 3.8) is 0 Å². The predicted octanol–water partition coefficient (Wildman–Crippen LogP) is 3.10. The Balaban J connectivity index is 2.17. The SMILES string of the molecule is CNc1ccc(Cl)c(C(=O)Nc2ccc(N(C)C)cc2)n1. The van der Waals surface area contributed by atoms with Crippen LogP contribution in [-0.4, -0.2) is 32.0 Å². The minimum atomic E-state index is -0.338. The van der Waals surface area contributed by atoms with Gasteiger partial charge in [-0.2, -0.15) is 0 Å². The van der Waals surface area contributed by atoms with Crippen LogP contribution in [0.4, 0.5) is 17.2 Å². The molecule has 0 bridgehead atoms. The van der Waals surface area contributed by atoms with Crippen LogP contribution in [0.2, 0.25) is 5.02 Å². The highest BCUT2D eigenvalue weighted by Gasteiger charge is 2.13. The minimum absolute atomic E-state index is 0.195. The van der Waals surface area contributed by atoms with E-state index in [2.05, 4.69) is 15.6 Å². The van der Waals surface area contributed by atoms with Gasteiger partial charge in [0.25, 0.3) is 5.91 Å². The Morgan fingerprint density at radius 3 is 2.38 bits per heavy atom. The van der Waals surface area contributed by atoms with Gasteiger partial charge in [0.2, 0.25) is 0 Å². The van der Waals surface area contributed by atoms with Gasteiger partial charge >= 0.3 is 0 Å². The lowest BCUT2D eigenvalue weighted by Gasteiger charge is -2.13. The normalized spacial score (nSPS) is 10.1. The van der Waals surface area contributed by atoms with Crippen LogP contribution in [0.15, 0.2) is 36.4 Å². The summed E-state index contributed by atoms with van der Waals surface area (Å²) in [6.45, 7) is 0. The summed E-state index contributed by atoms with van der Waals surface area (Å²) >= 11 is 6.02. The van der Waals surface area contributed by atoms with Gasteiger partial charge in [-0.1, -0.05) is 11.6 Å². The molecule has 2 N–H and O–H groups in total. The molecule has 0 saturated carbocycles. The highest BCUT2D eigenvalue weighted by atomic mass is 35.5. The van der Waals surface area contributed by atoms with E-state index in [1.54, 1.807) is 19.2 Å². The molecule has 2 aromatic rings. The zero-order chi connectivity index (χ0) is 15.4. The monoisotopic (exact) mass is 304 g/mol. The van der Waals surface area contributed by atoms with E-state index >= 15 is 0 Å². The van der Waals surface area contributed by atoms with Crippen molar-refractivity contribution >= 4 is 34.7 Å². The van der Waals surface area contributed by atoms with Gasteiger partial charge in [0.15, 0.2) is 0 Å². The van der Waals surface area contributed by atoms with Crippen molar-refractivity contribution < 1.29 is 4.79 Å². The van der Waals surface area contributed by atoms with E-state index in [0.717, 1.165) is 5.69 Å². The van der Waals surface area contributed by atoms with E-state index in [4.69, 9.17) is 11.6 Å². The summed E-state index contributed by atoms with van der Waals surface area (Å²) in [7, 11) is 5.65. The van der Waals surface area contributed by atoms with Crippen molar-refractivity contribution in [1.29, 1.82) is 0 Å². The zero-order valence-corrected chi connectivity index (χ0v) is 12.9.